The van der Waals surface area contributed by atoms with Crippen LogP contribution in [0.2, 0.25) is 0 Å². The Bertz CT molecular complexity index is 465. The number of thioether (sulfide) groups is 1. The molecular formula is C14H20N2O2S. The van der Waals surface area contributed by atoms with E-state index >= 15 is 0 Å². The van der Waals surface area contributed by atoms with E-state index in [2.05, 4.69) is 12.2 Å². The Hall–Kier alpha value is -1.20. The highest BCUT2D eigenvalue weighted by Crippen LogP contribution is 2.35. The van der Waals surface area contributed by atoms with Gasteiger partial charge in [-0.1, -0.05) is 0 Å². The fourth-order valence-corrected chi connectivity index (χ4v) is 3.41. The van der Waals surface area contributed by atoms with Crippen molar-refractivity contribution in [1.29, 1.82) is 0 Å². The molecule has 19 heavy (non-hydrogen) atoms. The minimum Gasteiger partial charge on any atom is -0.399 e. The molecule has 2 rings (SSSR count). The number of nitrogens with two attached hydrogens (primary N) is 1. The Morgan fingerprint density at radius 1 is 1.58 bits per heavy atom. The first-order chi connectivity index (χ1) is 9.11. The second kappa shape index (κ2) is 6.30. The predicted molar refractivity (Wildman–Crippen MR) is 78.5 cm³/mol. The molecule has 5 heteroatoms. The number of nitrogens with one attached hydrogen (secondary N) is 1. The smallest absolute Gasteiger partial charge is 0.252 e. The lowest BCUT2D eigenvalue weighted by molar-refractivity contribution is 0.0953. The maximum atomic E-state index is 12.0. The van der Waals surface area contributed by atoms with E-state index in [9.17, 15) is 4.79 Å². The molecule has 1 saturated heterocycles. The largest absolute Gasteiger partial charge is 0.399 e. The number of rotatable bonds is 4. The van der Waals surface area contributed by atoms with Gasteiger partial charge in [0.15, 0.2) is 0 Å². The minimum absolute atomic E-state index is 0.0448. The molecule has 104 valence electrons. The second-order valence-electron chi connectivity index (χ2n) is 4.64. The fraction of sp³-hybridized carbons (Fsp3) is 0.500. The number of anilines is 1. The number of benzene rings is 1. The summed E-state index contributed by atoms with van der Waals surface area (Å²) < 4.78 is 5.56. The highest BCUT2D eigenvalue weighted by Gasteiger charge is 2.26. The molecule has 4 nitrogen and oxygen atoms in total. The molecule has 1 aromatic rings. The van der Waals surface area contributed by atoms with E-state index in [1.165, 1.54) is 0 Å². The average Bonchev–Trinajstić information content (AvgIpc) is 2.75. The highest BCUT2D eigenvalue weighted by atomic mass is 32.2. The van der Waals surface area contributed by atoms with Crippen LogP contribution in [-0.2, 0) is 4.74 Å². The minimum atomic E-state index is -0.0448. The van der Waals surface area contributed by atoms with Gasteiger partial charge in [-0.25, -0.2) is 0 Å². The van der Waals surface area contributed by atoms with Crippen molar-refractivity contribution in [1.82, 2.24) is 5.32 Å². The number of nitrogen functional groups attached to an aromatic ring is 1. The van der Waals surface area contributed by atoms with Gasteiger partial charge in [0, 0.05) is 29.0 Å². The maximum absolute atomic E-state index is 12.0. The van der Waals surface area contributed by atoms with Gasteiger partial charge in [-0.2, -0.15) is 0 Å². The van der Waals surface area contributed by atoms with Gasteiger partial charge in [0.25, 0.3) is 5.91 Å². The maximum Gasteiger partial charge on any atom is 0.252 e. The summed E-state index contributed by atoms with van der Waals surface area (Å²) in [5.74, 6) is -0.0448. The van der Waals surface area contributed by atoms with Gasteiger partial charge < -0.3 is 15.8 Å². The number of carbonyl (C=O) groups is 1. The molecule has 1 fully saturated rings. The predicted octanol–water partition coefficient (Wildman–Crippen LogP) is 2.29. The molecule has 0 spiro atoms. The lowest BCUT2D eigenvalue weighted by atomic mass is 10.2. The summed E-state index contributed by atoms with van der Waals surface area (Å²) in [7, 11) is 0. The Morgan fingerprint density at radius 3 is 3.00 bits per heavy atom. The van der Waals surface area contributed by atoms with Crippen LogP contribution in [0.15, 0.2) is 23.1 Å². The molecule has 1 aliphatic heterocycles. The number of carbonyl (C=O) groups excluding carboxylic acids is 1. The first kappa shape index (κ1) is 14.2. The number of hydrogen-bond donors (Lipinski definition) is 2. The molecular weight excluding hydrogens is 260 g/mol. The molecule has 0 aromatic heterocycles. The molecule has 1 amide bonds. The van der Waals surface area contributed by atoms with Crippen molar-refractivity contribution in [3.05, 3.63) is 23.8 Å². The van der Waals surface area contributed by atoms with E-state index in [1.807, 2.05) is 13.0 Å². The third-order valence-electron chi connectivity index (χ3n) is 3.17. The molecule has 3 N–H and O–H groups in total. The summed E-state index contributed by atoms with van der Waals surface area (Å²) in [6.07, 6.45) is 1.23. The van der Waals surface area contributed by atoms with Crippen LogP contribution >= 0.6 is 11.8 Å². The molecule has 1 heterocycles. The Labute approximate surface area is 118 Å². The molecule has 0 saturated carbocycles. The SMILES string of the molecule is CCNC(=O)c1ccc(N)cc1SC1CCOC1C. The van der Waals surface area contributed by atoms with E-state index in [4.69, 9.17) is 10.5 Å². The average molecular weight is 280 g/mol. The van der Waals surface area contributed by atoms with Crippen LogP contribution in [0.4, 0.5) is 5.69 Å². The van der Waals surface area contributed by atoms with Crippen molar-refractivity contribution >= 4 is 23.4 Å². The molecule has 0 aliphatic carbocycles. The number of amides is 1. The zero-order valence-electron chi connectivity index (χ0n) is 11.3. The molecule has 0 bridgehead atoms. The van der Waals surface area contributed by atoms with Crippen LogP contribution in [0.25, 0.3) is 0 Å². The zero-order valence-corrected chi connectivity index (χ0v) is 12.1. The third kappa shape index (κ3) is 3.42. The first-order valence-electron chi connectivity index (χ1n) is 6.57. The van der Waals surface area contributed by atoms with E-state index in [0.29, 0.717) is 23.0 Å². The van der Waals surface area contributed by atoms with E-state index < -0.39 is 0 Å². The van der Waals surface area contributed by atoms with Gasteiger partial charge in [-0.3, -0.25) is 4.79 Å². The molecule has 2 atom stereocenters. The Morgan fingerprint density at radius 2 is 2.37 bits per heavy atom. The summed E-state index contributed by atoms with van der Waals surface area (Å²) >= 11 is 1.69. The van der Waals surface area contributed by atoms with Gasteiger partial charge in [0.05, 0.1) is 11.7 Å². The van der Waals surface area contributed by atoms with Crippen molar-refractivity contribution < 1.29 is 9.53 Å². The van der Waals surface area contributed by atoms with Crippen LogP contribution in [-0.4, -0.2) is 30.4 Å². The van der Waals surface area contributed by atoms with E-state index in [-0.39, 0.29) is 12.0 Å². The van der Waals surface area contributed by atoms with Gasteiger partial charge in [-0.05, 0) is 38.5 Å². The normalized spacial score (nSPS) is 22.4. The highest BCUT2D eigenvalue weighted by molar-refractivity contribution is 8.00. The Balaban J connectivity index is 2.21. The summed E-state index contributed by atoms with van der Waals surface area (Å²) in [6, 6.07) is 5.44. The van der Waals surface area contributed by atoms with Gasteiger partial charge in [0.1, 0.15) is 0 Å². The summed E-state index contributed by atoms with van der Waals surface area (Å²) in [5, 5.41) is 3.22. The summed E-state index contributed by atoms with van der Waals surface area (Å²) in [6.45, 7) is 5.39. The van der Waals surface area contributed by atoms with Crippen LogP contribution in [0, 0.1) is 0 Å². The van der Waals surface area contributed by atoms with Crippen LogP contribution in [0.3, 0.4) is 0 Å². The van der Waals surface area contributed by atoms with Gasteiger partial charge >= 0.3 is 0 Å². The fourth-order valence-electron chi connectivity index (χ4n) is 2.11. The first-order valence-corrected chi connectivity index (χ1v) is 7.45. The van der Waals surface area contributed by atoms with E-state index in [1.54, 1.807) is 23.9 Å². The van der Waals surface area contributed by atoms with Crippen LogP contribution in [0.1, 0.15) is 30.6 Å². The second-order valence-corrected chi connectivity index (χ2v) is 5.92. The Kier molecular flexibility index (Phi) is 4.71. The van der Waals surface area contributed by atoms with Crippen LogP contribution in [0.5, 0.6) is 0 Å². The zero-order chi connectivity index (χ0) is 13.8. The number of ether oxygens (including phenoxy) is 1. The summed E-state index contributed by atoms with van der Waals surface area (Å²) in [4.78, 5) is 13.0. The van der Waals surface area contributed by atoms with Crippen molar-refractivity contribution in [3.8, 4) is 0 Å². The van der Waals surface area contributed by atoms with Gasteiger partial charge in [0.2, 0.25) is 0 Å². The standard InChI is InChI=1S/C14H20N2O2S/c1-3-16-14(17)11-5-4-10(15)8-13(11)19-12-6-7-18-9(12)2/h4-5,8-9,12H,3,6-7,15H2,1-2H3,(H,16,17). The van der Waals surface area contributed by atoms with Crippen molar-refractivity contribution in [3.63, 3.8) is 0 Å². The summed E-state index contributed by atoms with van der Waals surface area (Å²) in [5.41, 5.74) is 7.21. The molecule has 1 aromatic carbocycles. The van der Waals surface area contributed by atoms with Crippen molar-refractivity contribution in [2.24, 2.45) is 0 Å². The molecule has 1 aliphatic rings. The third-order valence-corrected chi connectivity index (χ3v) is 4.69. The molecule has 0 radical (unpaired) electrons. The lowest BCUT2D eigenvalue weighted by Gasteiger charge is -2.16. The van der Waals surface area contributed by atoms with E-state index in [0.717, 1.165) is 17.9 Å². The lowest BCUT2D eigenvalue weighted by Crippen LogP contribution is -2.24. The molecule has 2 unspecified atom stereocenters. The quantitative estimate of drug-likeness (QED) is 0.831. The number of hydrogen-bond acceptors (Lipinski definition) is 4. The topological polar surface area (TPSA) is 64.4 Å². The van der Waals surface area contributed by atoms with Gasteiger partial charge in [-0.15, -0.1) is 11.8 Å². The van der Waals surface area contributed by atoms with Crippen molar-refractivity contribution in [2.45, 2.75) is 36.5 Å². The van der Waals surface area contributed by atoms with Crippen LogP contribution < -0.4 is 11.1 Å². The van der Waals surface area contributed by atoms with Crippen molar-refractivity contribution in [2.75, 3.05) is 18.9 Å². The monoisotopic (exact) mass is 280 g/mol.